The molecule has 0 aliphatic heterocycles. The molecule has 1 aromatic carbocycles. The largest absolute Gasteiger partial charge is 0.334 e. The van der Waals surface area contributed by atoms with Crippen molar-refractivity contribution in [3.05, 3.63) is 78.9 Å². The first kappa shape index (κ1) is 15.6. The minimum atomic E-state index is -0.264. The smallest absolute Gasteiger partial charge is 0.260 e. The van der Waals surface area contributed by atoms with Gasteiger partial charge in [0.15, 0.2) is 0 Å². The molecule has 1 amide bonds. The molecule has 0 radical (unpaired) electrons. The van der Waals surface area contributed by atoms with Crippen molar-refractivity contribution in [2.24, 2.45) is 0 Å². The fourth-order valence-corrected chi connectivity index (χ4v) is 2.42. The molecule has 0 bridgehead atoms. The number of aromatic nitrogens is 4. The molecular formula is C19H13N5O2. The van der Waals surface area contributed by atoms with Gasteiger partial charge in [-0.1, -0.05) is 17.3 Å². The number of anilines is 1. The van der Waals surface area contributed by atoms with Crippen molar-refractivity contribution < 1.29 is 9.32 Å². The van der Waals surface area contributed by atoms with Crippen LogP contribution in [0.5, 0.6) is 0 Å². The molecule has 0 fully saturated rings. The number of nitrogens with zero attached hydrogens (tertiary/aromatic N) is 4. The van der Waals surface area contributed by atoms with Gasteiger partial charge in [0.05, 0.1) is 16.8 Å². The summed E-state index contributed by atoms with van der Waals surface area (Å²) in [7, 11) is 0. The molecule has 126 valence electrons. The molecule has 3 aromatic heterocycles. The molecule has 7 heteroatoms. The summed E-state index contributed by atoms with van der Waals surface area (Å²) in [6.45, 7) is 0. The van der Waals surface area contributed by atoms with Crippen LogP contribution in [0, 0.1) is 0 Å². The summed E-state index contributed by atoms with van der Waals surface area (Å²) in [5.41, 5.74) is 2.47. The Balaban J connectivity index is 1.64. The Morgan fingerprint density at radius 3 is 2.58 bits per heavy atom. The molecule has 7 nitrogen and oxygen atoms in total. The van der Waals surface area contributed by atoms with Crippen LogP contribution in [0.15, 0.2) is 77.8 Å². The van der Waals surface area contributed by atoms with Gasteiger partial charge in [-0.2, -0.15) is 4.98 Å². The molecule has 0 saturated heterocycles. The van der Waals surface area contributed by atoms with E-state index in [9.17, 15) is 4.79 Å². The summed E-state index contributed by atoms with van der Waals surface area (Å²) < 4.78 is 5.39. The zero-order valence-corrected chi connectivity index (χ0v) is 13.5. The van der Waals surface area contributed by atoms with Crippen molar-refractivity contribution >= 4 is 11.6 Å². The summed E-state index contributed by atoms with van der Waals surface area (Å²) in [5, 5.41) is 6.86. The van der Waals surface area contributed by atoms with Gasteiger partial charge in [0.2, 0.25) is 5.82 Å². The number of pyridine rings is 2. The van der Waals surface area contributed by atoms with Crippen molar-refractivity contribution in [2.75, 3.05) is 5.32 Å². The van der Waals surface area contributed by atoms with E-state index in [-0.39, 0.29) is 5.91 Å². The molecule has 0 aliphatic carbocycles. The lowest BCUT2D eigenvalue weighted by molar-refractivity contribution is 0.102. The summed E-state index contributed by atoms with van der Waals surface area (Å²) in [5.74, 6) is 0.508. The average Bonchev–Trinajstić information content (AvgIpc) is 3.20. The second-order valence-corrected chi connectivity index (χ2v) is 5.40. The van der Waals surface area contributed by atoms with Crippen molar-refractivity contribution in [3.8, 4) is 22.8 Å². The maximum absolute atomic E-state index is 12.4. The van der Waals surface area contributed by atoms with E-state index in [0.717, 1.165) is 5.56 Å². The third kappa shape index (κ3) is 3.18. The summed E-state index contributed by atoms with van der Waals surface area (Å²) in [6, 6.07) is 14.2. The van der Waals surface area contributed by atoms with E-state index in [1.165, 1.54) is 6.20 Å². The predicted molar refractivity (Wildman–Crippen MR) is 95.2 cm³/mol. The summed E-state index contributed by atoms with van der Waals surface area (Å²) in [6.07, 6.45) is 6.44. The first-order valence-corrected chi connectivity index (χ1v) is 7.86. The zero-order chi connectivity index (χ0) is 17.8. The van der Waals surface area contributed by atoms with E-state index in [0.29, 0.717) is 28.5 Å². The molecule has 1 N–H and O–H groups in total. The third-order valence-electron chi connectivity index (χ3n) is 3.69. The number of para-hydroxylation sites is 1. The predicted octanol–water partition coefficient (Wildman–Crippen LogP) is 3.45. The quantitative estimate of drug-likeness (QED) is 0.610. The van der Waals surface area contributed by atoms with Crippen molar-refractivity contribution in [3.63, 3.8) is 0 Å². The Hall–Kier alpha value is -3.87. The second-order valence-electron chi connectivity index (χ2n) is 5.40. The highest BCUT2D eigenvalue weighted by atomic mass is 16.5. The lowest BCUT2D eigenvalue weighted by atomic mass is 10.1. The molecule has 26 heavy (non-hydrogen) atoms. The molecular weight excluding hydrogens is 330 g/mol. The van der Waals surface area contributed by atoms with E-state index in [1.807, 2.05) is 18.2 Å². The van der Waals surface area contributed by atoms with Crippen LogP contribution in [0.1, 0.15) is 10.4 Å². The Morgan fingerprint density at radius 1 is 0.923 bits per heavy atom. The van der Waals surface area contributed by atoms with Crippen LogP contribution in [0.3, 0.4) is 0 Å². The maximum atomic E-state index is 12.4. The van der Waals surface area contributed by atoms with E-state index in [4.69, 9.17) is 4.52 Å². The molecule has 0 aliphatic rings. The van der Waals surface area contributed by atoms with Crippen LogP contribution in [0.4, 0.5) is 5.69 Å². The number of carbonyl (C=O) groups is 1. The average molecular weight is 343 g/mol. The van der Waals surface area contributed by atoms with Crippen LogP contribution in [0.25, 0.3) is 22.8 Å². The first-order valence-electron chi connectivity index (χ1n) is 7.86. The third-order valence-corrected chi connectivity index (χ3v) is 3.69. The van der Waals surface area contributed by atoms with Gasteiger partial charge in [-0.05, 0) is 36.4 Å². The highest BCUT2D eigenvalue weighted by Crippen LogP contribution is 2.28. The van der Waals surface area contributed by atoms with Gasteiger partial charge in [0.25, 0.3) is 11.8 Å². The number of rotatable bonds is 4. The van der Waals surface area contributed by atoms with E-state index >= 15 is 0 Å². The van der Waals surface area contributed by atoms with Crippen LogP contribution >= 0.6 is 0 Å². The van der Waals surface area contributed by atoms with E-state index in [1.54, 1.807) is 48.9 Å². The Labute approximate surface area is 148 Å². The highest BCUT2D eigenvalue weighted by Gasteiger charge is 2.16. The summed E-state index contributed by atoms with van der Waals surface area (Å²) in [4.78, 5) is 24.8. The van der Waals surface area contributed by atoms with Crippen molar-refractivity contribution in [1.82, 2.24) is 20.1 Å². The standard InChI is InChI=1S/C19H13N5O2/c25-18(14-4-3-9-21-12-14)22-16-6-2-1-5-15(16)19-23-17(24-26-19)13-7-10-20-11-8-13/h1-12H,(H,22,25). The van der Waals surface area contributed by atoms with Crippen LogP contribution < -0.4 is 5.32 Å². The van der Waals surface area contributed by atoms with Crippen LogP contribution in [0.2, 0.25) is 0 Å². The molecule has 0 spiro atoms. The van der Waals surface area contributed by atoms with Gasteiger partial charge < -0.3 is 9.84 Å². The van der Waals surface area contributed by atoms with E-state index in [2.05, 4.69) is 25.4 Å². The van der Waals surface area contributed by atoms with Crippen molar-refractivity contribution in [1.29, 1.82) is 0 Å². The number of hydrogen-bond acceptors (Lipinski definition) is 6. The van der Waals surface area contributed by atoms with E-state index < -0.39 is 0 Å². The minimum absolute atomic E-state index is 0.264. The van der Waals surface area contributed by atoms with Gasteiger partial charge in [-0.15, -0.1) is 0 Å². The highest BCUT2D eigenvalue weighted by molar-refractivity contribution is 6.05. The van der Waals surface area contributed by atoms with Crippen LogP contribution in [-0.4, -0.2) is 26.0 Å². The molecule has 0 atom stereocenters. The number of benzene rings is 1. The fraction of sp³-hybridized carbons (Fsp3) is 0. The van der Waals surface area contributed by atoms with Gasteiger partial charge in [-0.25, -0.2) is 0 Å². The molecule has 4 rings (SSSR count). The lowest BCUT2D eigenvalue weighted by Crippen LogP contribution is -2.12. The Bertz CT molecular complexity index is 1030. The summed E-state index contributed by atoms with van der Waals surface area (Å²) >= 11 is 0. The minimum Gasteiger partial charge on any atom is -0.334 e. The van der Waals surface area contributed by atoms with Gasteiger partial charge >= 0.3 is 0 Å². The molecule has 4 aromatic rings. The Kier molecular flexibility index (Phi) is 4.17. The van der Waals surface area contributed by atoms with Crippen molar-refractivity contribution in [2.45, 2.75) is 0 Å². The second kappa shape index (κ2) is 6.94. The monoisotopic (exact) mass is 343 g/mol. The maximum Gasteiger partial charge on any atom is 0.260 e. The normalized spacial score (nSPS) is 10.5. The zero-order valence-electron chi connectivity index (χ0n) is 13.5. The van der Waals surface area contributed by atoms with Gasteiger partial charge in [0.1, 0.15) is 0 Å². The SMILES string of the molecule is O=C(Nc1ccccc1-c1nc(-c2ccncc2)no1)c1cccnc1. The number of amides is 1. The first-order chi connectivity index (χ1) is 12.8. The van der Waals surface area contributed by atoms with Gasteiger partial charge in [0, 0.05) is 30.4 Å². The lowest BCUT2D eigenvalue weighted by Gasteiger charge is -2.08. The Morgan fingerprint density at radius 2 is 1.77 bits per heavy atom. The van der Waals surface area contributed by atoms with Crippen LogP contribution in [-0.2, 0) is 0 Å². The number of carbonyl (C=O) groups excluding carboxylic acids is 1. The number of hydrogen-bond donors (Lipinski definition) is 1. The topological polar surface area (TPSA) is 93.8 Å². The fourth-order valence-electron chi connectivity index (χ4n) is 2.42. The number of nitrogens with one attached hydrogen (secondary N) is 1. The molecule has 3 heterocycles. The molecule has 0 saturated carbocycles. The molecule has 0 unspecified atom stereocenters. The van der Waals surface area contributed by atoms with Gasteiger partial charge in [-0.3, -0.25) is 14.8 Å².